The van der Waals surface area contributed by atoms with E-state index < -0.39 is 0 Å². The van der Waals surface area contributed by atoms with Crippen LogP contribution in [0.1, 0.15) is 5.56 Å². The number of benzene rings is 1. The number of aromatic nitrogens is 2. The van der Waals surface area contributed by atoms with E-state index in [2.05, 4.69) is 15.3 Å². The minimum absolute atomic E-state index is 0.175. The summed E-state index contributed by atoms with van der Waals surface area (Å²) in [5, 5.41) is 2.62. The maximum Gasteiger partial charge on any atom is 0.231 e. The molecule has 2 rings (SSSR count). The number of hydrogen-bond acceptors (Lipinski definition) is 4. The minimum Gasteiger partial charge on any atom is -0.496 e. The first-order valence-electron chi connectivity index (χ1n) is 5.48. The molecule has 0 bridgehead atoms. The number of para-hydroxylation sites is 1. The number of carbonyl (C=O) groups excluding carboxylic acids is 1. The van der Waals surface area contributed by atoms with E-state index in [1.807, 2.05) is 24.3 Å². The number of anilines is 1. The molecule has 0 spiro atoms. The average molecular weight is 243 g/mol. The van der Waals surface area contributed by atoms with E-state index >= 15 is 0 Å². The molecule has 1 amide bonds. The van der Waals surface area contributed by atoms with Crippen LogP contribution in [0, 0.1) is 0 Å². The molecule has 0 atom stereocenters. The van der Waals surface area contributed by atoms with Crippen LogP contribution in [0.4, 0.5) is 5.95 Å². The van der Waals surface area contributed by atoms with E-state index in [9.17, 15) is 4.79 Å². The zero-order valence-corrected chi connectivity index (χ0v) is 9.96. The summed E-state index contributed by atoms with van der Waals surface area (Å²) in [5.74, 6) is 0.824. The average Bonchev–Trinajstić information content (AvgIpc) is 2.40. The topological polar surface area (TPSA) is 64.1 Å². The van der Waals surface area contributed by atoms with Crippen molar-refractivity contribution in [2.24, 2.45) is 0 Å². The van der Waals surface area contributed by atoms with Gasteiger partial charge in [-0.15, -0.1) is 0 Å². The molecule has 2 aromatic rings. The predicted octanol–water partition coefficient (Wildman–Crippen LogP) is 1.67. The smallest absolute Gasteiger partial charge is 0.231 e. The van der Waals surface area contributed by atoms with E-state index in [4.69, 9.17) is 4.74 Å². The van der Waals surface area contributed by atoms with Crippen molar-refractivity contribution in [2.75, 3.05) is 12.4 Å². The Morgan fingerprint density at radius 2 is 1.94 bits per heavy atom. The number of hydrogen-bond donors (Lipinski definition) is 1. The van der Waals surface area contributed by atoms with Crippen LogP contribution in [0.15, 0.2) is 42.7 Å². The van der Waals surface area contributed by atoms with Gasteiger partial charge in [0, 0.05) is 18.0 Å². The molecule has 5 nitrogen and oxygen atoms in total. The van der Waals surface area contributed by atoms with Crippen LogP contribution < -0.4 is 10.1 Å². The first-order chi connectivity index (χ1) is 8.79. The van der Waals surface area contributed by atoms with Crippen molar-refractivity contribution in [3.05, 3.63) is 48.3 Å². The third-order valence-electron chi connectivity index (χ3n) is 2.36. The summed E-state index contributed by atoms with van der Waals surface area (Å²) in [6.45, 7) is 0. The molecular weight excluding hydrogens is 230 g/mol. The van der Waals surface area contributed by atoms with Crippen molar-refractivity contribution < 1.29 is 9.53 Å². The van der Waals surface area contributed by atoms with E-state index in [1.54, 1.807) is 25.6 Å². The lowest BCUT2D eigenvalue weighted by Crippen LogP contribution is -2.16. The summed E-state index contributed by atoms with van der Waals surface area (Å²) < 4.78 is 5.19. The van der Waals surface area contributed by atoms with Crippen LogP contribution in [-0.2, 0) is 11.2 Å². The molecule has 0 saturated carbocycles. The monoisotopic (exact) mass is 243 g/mol. The first kappa shape index (κ1) is 12.0. The first-order valence-corrected chi connectivity index (χ1v) is 5.48. The molecule has 18 heavy (non-hydrogen) atoms. The fourth-order valence-electron chi connectivity index (χ4n) is 1.55. The predicted molar refractivity (Wildman–Crippen MR) is 67.4 cm³/mol. The van der Waals surface area contributed by atoms with E-state index in [1.165, 1.54) is 0 Å². The number of methoxy groups -OCH3 is 1. The molecular formula is C13H13N3O2. The maximum atomic E-state index is 11.8. The summed E-state index contributed by atoms with van der Waals surface area (Å²) in [5.41, 5.74) is 0.827. The van der Waals surface area contributed by atoms with Crippen molar-refractivity contribution in [1.82, 2.24) is 9.97 Å². The Hall–Kier alpha value is -2.43. The van der Waals surface area contributed by atoms with Gasteiger partial charge in [0.2, 0.25) is 11.9 Å². The molecule has 1 heterocycles. The van der Waals surface area contributed by atoms with Gasteiger partial charge < -0.3 is 4.74 Å². The SMILES string of the molecule is COc1ccccc1CC(=O)Nc1ncccn1. The molecule has 1 aromatic carbocycles. The third-order valence-corrected chi connectivity index (χ3v) is 2.36. The molecule has 0 aliphatic rings. The van der Waals surface area contributed by atoms with Gasteiger partial charge in [0.05, 0.1) is 13.5 Å². The Bertz CT molecular complexity index is 529. The van der Waals surface area contributed by atoms with Gasteiger partial charge >= 0.3 is 0 Å². The highest BCUT2D eigenvalue weighted by atomic mass is 16.5. The number of nitrogens with zero attached hydrogens (tertiary/aromatic N) is 2. The van der Waals surface area contributed by atoms with Crippen molar-refractivity contribution in [3.63, 3.8) is 0 Å². The summed E-state index contributed by atoms with van der Waals surface area (Å²) in [6.07, 6.45) is 3.37. The standard InChI is InChI=1S/C13H13N3O2/c1-18-11-6-3-2-5-10(11)9-12(17)16-13-14-7-4-8-15-13/h2-8H,9H2,1H3,(H,14,15,16,17). The molecule has 0 radical (unpaired) electrons. The molecule has 5 heteroatoms. The molecule has 92 valence electrons. The number of carbonyl (C=O) groups is 1. The van der Waals surface area contributed by atoms with Crippen LogP contribution in [0.2, 0.25) is 0 Å². The molecule has 1 N–H and O–H groups in total. The number of amides is 1. The normalized spacial score (nSPS) is 9.83. The van der Waals surface area contributed by atoms with Crippen molar-refractivity contribution >= 4 is 11.9 Å². The fourth-order valence-corrected chi connectivity index (χ4v) is 1.55. The van der Waals surface area contributed by atoms with Gasteiger partial charge in [0.25, 0.3) is 0 Å². The Morgan fingerprint density at radius 3 is 2.67 bits per heavy atom. The van der Waals surface area contributed by atoms with Gasteiger partial charge in [0.1, 0.15) is 5.75 Å². The van der Waals surface area contributed by atoms with E-state index in [0.29, 0.717) is 11.7 Å². The Kier molecular flexibility index (Phi) is 3.86. The van der Waals surface area contributed by atoms with Crippen LogP contribution >= 0.6 is 0 Å². The minimum atomic E-state index is -0.175. The Morgan fingerprint density at radius 1 is 1.22 bits per heavy atom. The van der Waals surface area contributed by atoms with Gasteiger partial charge in [-0.2, -0.15) is 0 Å². The lowest BCUT2D eigenvalue weighted by atomic mass is 10.1. The van der Waals surface area contributed by atoms with E-state index in [-0.39, 0.29) is 12.3 Å². The zero-order valence-electron chi connectivity index (χ0n) is 9.96. The van der Waals surface area contributed by atoms with Crippen LogP contribution in [-0.4, -0.2) is 23.0 Å². The van der Waals surface area contributed by atoms with Crippen molar-refractivity contribution in [3.8, 4) is 5.75 Å². The van der Waals surface area contributed by atoms with Crippen LogP contribution in [0.25, 0.3) is 0 Å². The second-order valence-corrected chi connectivity index (χ2v) is 3.61. The van der Waals surface area contributed by atoms with Crippen molar-refractivity contribution in [1.29, 1.82) is 0 Å². The number of rotatable bonds is 4. The summed E-state index contributed by atoms with van der Waals surface area (Å²) in [4.78, 5) is 19.7. The Labute approximate surface area is 105 Å². The van der Waals surface area contributed by atoms with Gasteiger partial charge in [-0.1, -0.05) is 18.2 Å². The summed E-state index contributed by atoms with van der Waals surface area (Å²) >= 11 is 0. The molecule has 0 aliphatic carbocycles. The van der Waals surface area contributed by atoms with Crippen molar-refractivity contribution in [2.45, 2.75) is 6.42 Å². The number of ether oxygens (including phenoxy) is 1. The molecule has 0 fully saturated rings. The highest BCUT2D eigenvalue weighted by molar-refractivity contribution is 5.90. The lowest BCUT2D eigenvalue weighted by Gasteiger charge is -2.07. The third kappa shape index (κ3) is 3.04. The summed E-state index contributed by atoms with van der Waals surface area (Å²) in [7, 11) is 1.58. The highest BCUT2D eigenvalue weighted by Gasteiger charge is 2.09. The highest BCUT2D eigenvalue weighted by Crippen LogP contribution is 2.17. The van der Waals surface area contributed by atoms with Crippen LogP contribution in [0.5, 0.6) is 5.75 Å². The second kappa shape index (κ2) is 5.77. The second-order valence-electron chi connectivity index (χ2n) is 3.61. The van der Waals surface area contributed by atoms with E-state index in [0.717, 1.165) is 5.56 Å². The van der Waals surface area contributed by atoms with Gasteiger partial charge in [-0.3, -0.25) is 10.1 Å². The van der Waals surface area contributed by atoms with Gasteiger partial charge in [-0.05, 0) is 12.1 Å². The quantitative estimate of drug-likeness (QED) is 0.887. The van der Waals surface area contributed by atoms with Crippen LogP contribution in [0.3, 0.4) is 0 Å². The molecule has 0 saturated heterocycles. The Balaban J connectivity index is 2.03. The van der Waals surface area contributed by atoms with Gasteiger partial charge in [-0.25, -0.2) is 9.97 Å². The van der Waals surface area contributed by atoms with Gasteiger partial charge in [0.15, 0.2) is 0 Å². The zero-order chi connectivity index (χ0) is 12.8. The molecule has 0 unspecified atom stereocenters. The summed E-state index contributed by atoms with van der Waals surface area (Å²) in [6, 6.07) is 9.09. The fraction of sp³-hybridized carbons (Fsp3) is 0.154. The maximum absolute atomic E-state index is 11.8. The molecule has 1 aromatic heterocycles. The lowest BCUT2D eigenvalue weighted by molar-refractivity contribution is -0.115. The number of nitrogens with one attached hydrogen (secondary N) is 1. The molecule has 0 aliphatic heterocycles. The largest absolute Gasteiger partial charge is 0.496 e.